The number of ether oxygens (including phenoxy) is 1. The number of alkyl halides is 3. The van der Waals surface area contributed by atoms with Crippen molar-refractivity contribution in [2.24, 2.45) is 0 Å². The maximum atomic E-state index is 12.5. The molecular weight excluding hydrogens is 324 g/mol. The molecule has 2 heterocycles. The third-order valence-corrected chi connectivity index (χ3v) is 3.12. The fraction of sp³-hybridized carbons (Fsp3) is 0.625. The first kappa shape index (κ1) is 11.2. The lowest BCUT2D eigenvalue weighted by Gasteiger charge is -2.35. The van der Waals surface area contributed by atoms with Crippen molar-refractivity contribution in [1.29, 1.82) is 0 Å². The molecule has 15 heavy (non-hydrogen) atoms. The van der Waals surface area contributed by atoms with E-state index in [0.29, 0.717) is 19.0 Å². The van der Waals surface area contributed by atoms with Gasteiger partial charge in [-0.25, -0.2) is 4.98 Å². The summed E-state index contributed by atoms with van der Waals surface area (Å²) < 4.78 is 42.4. The van der Waals surface area contributed by atoms with E-state index in [2.05, 4.69) is 9.97 Å². The van der Waals surface area contributed by atoms with E-state index >= 15 is 0 Å². The number of aromatic amines is 1. The first-order valence-electron chi connectivity index (χ1n) is 4.24. The van der Waals surface area contributed by atoms with Gasteiger partial charge in [0.2, 0.25) is 0 Å². The van der Waals surface area contributed by atoms with E-state index in [-0.39, 0.29) is 3.70 Å². The Morgan fingerprint density at radius 2 is 2.07 bits per heavy atom. The number of rotatable bonds is 1. The highest BCUT2D eigenvalue weighted by atomic mass is 127. The van der Waals surface area contributed by atoms with E-state index in [1.54, 1.807) is 22.6 Å². The second-order valence-electron chi connectivity index (χ2n) is 3.80. The lowest BCUT2D eigenvalue weighted by Crippen LogP contribution is -2.44. The van der Waals surface area contributed by atoms with E-state index in [1.165, 1.54) is 0 Å². The predicted octanol–water partition coefficient (Wildman–Crippen LogP) is 2.32. The van der Waals surface area contributed by atoms with E-state index in [4.69, 9.17) is 4.74 Å². The van der Waals surface area contributed by atoms with Crippen LogP contribution in [0.15, 0.2) is 0 Å². The highest BCUT2D eigenvalue weighted by Gasteiger charge is 2.43. The summed E-state index contributed by atoms with van der Waals surface area (Å²) in [7, 11) is 0. The number of halogens is 4. The Morgan fingerprint density at radius 3 is 2.40 bits per heavy atom. The molecule has 1 N–H and O–H groups in total. The molecule has 1 aliphatic heterocycles. The third-order valence-electron chi connectivity index (χ3n) is 2.34. The van der Waals surface area contributed by atoms with Crippen LogP contribution in [0.1, 0.15) is 18.4 Å². The Morgan fingerprint density at radius 1 is 1.47 bits per heavy atom. The van der Waals surface area contributed by atoms with Crippen LogP contribution in [0, 0.1) is 3.70 Å². The zero-order chi connectivity index (χ0) is 11.3. The first-order valence-corrected chi connectivity index (χ1v) is 5.32. The van der Waals surface area contributed by atoms with Gasteiger partial charge < -0.3 is 9.72 Å². The van der Waals surface area contributed by atoms with Gasteiger partial charge in [-0.1, -0.05) is 0 Å². The molecule has 1 aliphatic rings. The Labute approximate surface area is 97.6 Å². The summed E-state index contributed by atoms with van der Waals surface area (Å²) in [6.45, 7) is 2.65. The van der Waals surface area contributed by atoms with Crippen LogP contribution in [0.3, 0.4) is 0 Å². The van der Waals surface area contributed by atoms with Crippen molar-refractivity contribution in [3.8, 4) is 0 Å². The minimum absolute atomic E-state index is 0.0308. The molecule has 0 amide bonds. The van der Waals surface area contributed by atoms with E-state index < -0.39 is 17.3 Å². The summed E-state index contributed by atoms with van der Waals surface area (Å²) in [5, 5.41) is 0. The summed E-state index contributed by atoms with van der Waals surface area (Å²) in [6, 6.07) is 0. The number of hydrogen-bond acceptors (Lipinski definition) is 2. The Bertz CT molecular complexity index is 384. The average molecular weight is 332 g/mol. The smallest absolute Gasteiger partial charge is 0.379 e. The lowest BCUT2D eigenvalue weighted by molar-refractivity contribution is -0.141. The monoisotopic (exact) mass is 332 g/mol. The molecule has 1 saturated heterocycles. The summed E-state index contributed by atoms with van der Waals surface area (Å²) in [6.07, 6.45) is -4.40. The maximum absolute atomic E-state index is 12.5. The molecule has 84 valence electrons. The van der Waals surface area contributed by atoms with E-state index in [9.17, 15) is 13.2 Å². The number of nitrogens with one attached hydrogen (secondary N) is 1. The Hall–Kier alpha value is -0.310. The molecule has 0 unspecified atom stereocenters. The molecule has 1 aromatic heterocycles. The van der Waals surface area contributed by atoms with E-state index in [0.717, 1.165) is 0 Å². The number of hydrogen-bond donors (Lipinski definition) is 1. The third kappa shape index (κ3) is 1.86. The second-order valence-corrected chi connectivity index (χ2v) is 4.88. The van der Waals surface area contributed by atoms with Gasteiger partial charge in [-0.15, -0.1) is 0 Å². The van der Waals surface area contributed by atoms with Gasteiger partial charge in [-0.3, -0.25) is 0 Å². The fourth-order valence-electron chi connectivity index (χ4n) is 1.37. The van der Waals surface area contributed by atoms with Crippen molar-refractivity contribution in [3.05, 3.63) is 15.2 Å². The number of aromatic nitrogens is 2. The van der Waals surface area contributed by atoms with Crippen LogP contribution in [-0.4, -0.2) is 23.2 Å². The number of imidazole rings is 1. The van der Waals surface area contributed by atoms with Crippen LogP contribution >= 0.6 is 22.6 Å². The van der Waals surface area contributed by atoms with Crippen molar-refractivity contribution in [1.82, 2.24) is 9.97 Å². The highest BCUT2D eigenvalue weighted by Crippen LogP contribution is 2.35. The molecule has 0 atom stereocenters. The molecule has 0 saturated carbocycles. The molecule has 0 spiro atoms. The summed E-state index contributed by atoms with van der Waals surface area (Å²) >= 11 is 1.61. The van der Waals surface area contributed by atoms with Gasteiger partial charge in [0.1, 0.15) is 9.53 Å². The molecule has 1 aromatic rings. The SMILES string of the molecule is CC1(c2nc(C(F)(F)F)c(I)[nH]2)COC1. The van der Waals surface area contributed by atoms with Crippen molar-refractivity contribution in [3.63, 3.8) is 0 Å². The van der Waals surface area contributed by atoms with Gasteiger partial charge in [-0.2, -0.15) is 13.2 Å². The van der Waals surface area contributed by atoms with Crippen LogP contribution in [-0.2, 0) is 16.3 Å². The van der Waals surface area contributed by atoms with Crippen LogP contribution in [0.5, 0.6) is 0 Å². The zero-order valence-corrected chi connectivity index (χ0v) is 9.94. The molecule has 2 rings (SSSR count). The average Bonchev–Trinajstić information content (AvgIpc) is 2.42. The van der Waals surface area contributed by atoms with Gasteiger partial charge in [0.15, 0.2) is 5.69 Å². The molecule has 1 fully saturated rings. The van der Waals surface area contributed by atoms with Gasteiger partial charge >= 0.3 is 6.18 Å². The molecule has 0 aliphatic carbocycles. The molecule has 0 bridgehead atoms. The first-order chi connectivity index (χ1) is 6.83. The van der Waals surface area contributed by atoms with Gasteiger partial charge in [-0.05, 0) is 29.5 Å². The molecule has 0 aromatic carbocycles. The molecule has 7 heteroatoms. The largest absolute Gasteiger partial charge is 0.435 e. The van der Waals surface area contributed by atoms with Gasteiger partial charge in [0.25, 0.3) is 0 Å². The maximum Gasteiger partial charge on any atom is 0.435 e. The van der Waals surface area contributed by atoms with Gasteiger partial charge in [0, 0.05) is 0 Å². The van der Waals surface area contributed by atoms with Crippen LogP contribution in [0.25, 0.3) is 0 Å². The quantitative estimate of drug-likeness (QED) is 0.802. The summed E-state index contributed by atoms with van der Waals surface area (Å²) in [5.41, 5.74) is -1.24. The normalized spacial score (nSPS) is 20.1. The predicted molar refractivity (Wildman–Crippen MR) is 54.5 cm³/mol. The van der Waals surface area contributed by atoms with Crippen molar-refractivity contribution in [2.75, 3.05) is 13.2 Å². The minimum Gasteiger partial charge on any atom is -0.379 e. The van der Waals surface area contributed by atoms with Crippen molar-refractivity contribution in [2.45, 2.75) is 18.5 Å². The van der Waals surface area contributed by atoms with E-state index in [1.807, 2.05) is 6.92 Å². The van der Waals surface area contributed by atoms with Crippen molar-refractivity contribution >= 4 is 22.6 Å². The summed E-state index contributed by atoms with van der Waals surface area (Å²) in [5.74, 6) is 0.352. The second kappa shape index (κ2) is 3.34. The molecular formula is C8H8F3IN2O. The number of nitrogens with zero attached hydrogens (tertiary/aromatic N) is 1. The van der Waals surface area contributed by atoms with Crippen LogP contribution in [0.2, 0.25) is 0 Å². The van der Waals surface area contributed by atoms with Crippen LogP contribution in [0.4, 0.5) is 13.2 Å². The Balaban J connectivity index is 2.37. The number of H-pyrrole nitrogens is 1. The lowest BCUT2D eigenvalue weighted by atomic mass is 9.88. The topological polar surface area (TPSA) is 37.9 Å². The highest BCUT2D eigenvalue weighted by molar-refractivity contribution is 14.1. The Kier molecular flexibility index (Phi) is 2.49. The summed E-state index contributed by atoms with van der Waals surface area (Å²) in [4.78, 5) is 6.28. The molecule has 3 nitrogen and oxygen atoms in total. The molecule has 0 radical (unpaired) electrons. The standard InChI is InChI=1S/C8H8F3IN2O/c1-7(2-15-3-7)6-13-4(5(12)14-6)8(9,10)11/h2-3H2,1H3,(H,13,14). The zero-order valence-electron chi connectivity index (χ0n) is 7.78. The minimum atomic E-state index is -4.40. The van der Waals surface area contributed by atoms with Gasteiger partial charge in [0.05, 0.1) is 18.6 Å². The van der Waals surface area contributed by atoms with Crippen molar-refractivity contribution < 1.29 is 17.9 Å². The fourth-order valence-corrected chi connectivity index (χ4v) is 2.05. The van der Waals surface area contributed by atoms with Crippen LogP contribution < -0.4 is 0 Å².